The molecule has 256 valence electrons. The minimum Gasteiger partial charge on any atom is -0.456 e. The van der Waals surface area contributed by atoms with Crippen LogP contribution in [0.2, 0.25) is 0 Å². The van der Waals surface area contributed by atoms with Crippen LogP contribution in [0, 0.1) is 0 Å². The molecule has 0 saturated carbocycles. The number of hydrogen-bond acceptors (Lipinski definition) is 4. The van der Waals surface area contributed by atoms with Crippen LogP contribution in [0.3, 0.4) is 0 Å². The highest BCUT2D eigenvalue weighted by molar-refractivity contribution is 6.13. The number of para-hydroxylation sites is 1. The van der Waals surface area contributed by atoms with Gasteiger partial charge in [-0.3, -0.25) is 0 Å². The molecular weight excluding hydrogens is 671 g/mol. The summed E-state index contributed by atoms with van der Waals surface area (Å²) in [5.74, 6) is 1.83. The lowest BCUT2D eigenvalue weighted by Crippen LogP contribution is -2.01. The summed E-state index contributed by atoms with van der Waals surface area (Å²) in [5.41, 5.74) is 8.99. The van der Waals surface area contributed by atoms with Crippen LogP contribution in [0.25, 0.3) is 111 Å². The van der Waals surface area contributed by atoms with Gasteiger partial charge in [0.15, 0.2) is 17.5 Å². The highest BCUT2D eigenvalue weighted by atomic mass is 16.3. The predicted molar refractivity (Wildman–Crippen MR) is 227 cm³/mol. The van der Waals surface area contributed by atoms with E-state index in [1.807, 2.05) is 30.3 Å². The number of nitrogens with zero attached hydrogens (tertiary/aromatic N) is 3. The number of hydrogen-bond donors (Lipinski definition) is 0. The van der Waals surface area contributed by atoms with Crippen LogP contribution in [-0.2, 0) is 0 Å². The lowest BCUT2D eigenvalue weighted by atomic mass is 9.97. The van der Waals surface area contributed by atoms with Crippen LogP contribution in [0.4, 0.5) is 0 Å². The second kappa shape index (κ2) is 12.6. The molecule has 0 amide bonds. The van der Waals surface area contributed by atoms with Crippen LogP contribution >= 0.6 is 0 Å². The van der Waals surface area contributed by atoms with E-state index in [1.54, 1.807) is 0 Å². The number of rotatable bonds is 5. The van der Waals surface area contributed by atoms with Gasteiger partial charge in [-0.15, -0.1) is 0 Å². The van der Waals surface area contributed by atoms with E-state index in [4.69, 9.17) is 19.4 Å². The quantitative estimate of drug-likeness (QED) is 0.168. The smallest absolute Gasteiger partial charge is 0.164 e. The maximum Gasteiger partial charge on any atom is 0.164 e. The Hall–Kier alpha value is -7.43. The van der Waals surface area contributed by atoms with Gasteiger partial charge in [-0.25, -0.2) is 15.0 Å². The minimum atomic E-state index is 0.597. The third-order valence-corrected chi connectivity index (χ3v) is 10.7. The first kappa shape index (κ1) is 31.1. The molecule has 0 atom stereocenters. The average molecular weight is 702 g/mol. The standard InChI is InChI=1S/C51H31N3O/c1-2-12-36-30-38(27-26-32(36)10-1)34-24-22-33(23-25-34)37-13-7-14-39(31-37)49-52-50(43-18-8-17-41-40-15-4-3-11-35(40)28-29-42(41)43)54-51(53-49)45-19-9-21-47-48(45)44-16-5-6-20-46(44)55-47/h1-31H. The highest BCUT2D eigenvalue weighted by Crippen LogP contribution is 2.38. The van der Waals surface area contributed by atoms with Crippen molar-refractivity contribution in [3.8, 4) is 56.4 Å². The van der Waals surface area contributed by atoms with Gasteiger partial charge in [0, 0.05) is 27.5 Å². The van der Waals surface area contributed by atoms with E-state index in [-0.39, 0.29) is 0 Å². The van der Waals surface area contributed by atoms with Crippen LogP contribution < -0.4 is 0 Å². The molecule has 0 aliphatic heterocycles. The summed E-state index contributed by atoms with van der Waals surface area (Å²) in [4.78, 5) is 15.7. The zero-order valence-corrected chi connectivity index (χ0v) is 29.6. The van der Waals surface area contributed by atoms with Gasteiger partial charge < -0.3 is 4.42 Å². The predicted octanol–water partition coefficient (Wildman–Crippen LogP) is 13.6. The van der Waals surface area contributed by atoms with Crippen molar-refractivity contribution < 1.29 is 4.42 Å². The minimum absolute atomic E-state index is 0.597. The van der Waals surface area contributed by atoms with E-state index in [1.165, 1.54) is 32.7 Å². The third kappa shape index (κ3) is 5.34. The molecule has 0 unspecified atom stereocenters. The fourth-order valence-electron chi connectivity index (χ4n) is 8.00. The van der Waals surface area contributed by atoms with Gasteiger partial charge in [-0.05, 0) is 78.8 Å². The van der Waals surface area contributed by atoms with E-state index in [0.29, 0.717) is 17.5 Å². The molecule has 0 N–H and O–H groups in total. The SMILES string of the molecule is c1cc(-c2ccc(-c3ccc4ccccc4c3)cc2)cc(-c2nc(-c3cccc4c3ccc3ccccc34)nc(-c3cccc4oc5ccccc5c34)n2)c1. The fourth-order valence-corrected chi connectivity index (χ4v) is 8.00. The fraction of sp³-hybridized carbons (Fsp3) is 0. The summed E-state index contributed by atoms with van der Waals surface area (Å²) < 4.78 is 6.29. The average Bonchev–Trinajstić information content (AvgIpc) is 3.65. The number of benzene rings is 9. The van der Waals surface area contributed by atoms with Crippen LogP contribution in [-0.4, -0.2) is 15.0 Å². The highest BCUT2D eigenvalue weighted by Gasteiger charge is 2.19. The van der Waals surface area contributed by atoms with E-state index in [9.17, 15) is 0 Å². The van der Waals surface area contributed by atoms with Gasteiger partial charge in [-0.1, -0.05) is 164 Å². The van der Waals surface area contributed by atoms with Gasteiger partial charge in [0.1, 0.15) is 11.2 Å². The summed E-state index contributed by atoms with van der Waals surface area (Å²) in [6.45, 7) is 0. The Labute approximate surface area is 317 Å². The summed E-state index contributed by atoms with van der Waals surface area (Å²) in [7, 11) is 0. The summed E-state index contributed by atoms with van der Waals surface area (Å²) in [6, 6.07) is 65.9. The zero-order valence-electron chi connectivity index (χ0n) is 29.6. The van der Waals surface area contributed by atoms with Gasteiger partial charge in [-0.2, -0.15) is 0 Å². The maximum absolute atomic E-state index is 6.29. The molecule has 11 rings (SSSR count). The lowest BCUT2D eigenvalue weighted by Gasteiger charge is -2.12. The molecule has 0 aliphatic rings. The van der Waals surface area contributed by atoms with Crippen molar-refractivity contribution in [3.05, 3.63) is 188 Å². The molecule has 0 bridgehead atoms. The first-order chi connectivity index (χ1) is 27.2. The number of aromatic nitrogens is 3. The van der Waals surface area contributed by atoms with E-state index < -0.39 is 0 Å². The van der Waals surface area contributed by atoms with E-state index in [0.717, 1.165) is 60.5 Å². The zero-order chi connectivity index (χ0) is 36.3. The monoisotopic (exact) mass is 701 g/mol. The molecular formula is C51H31N3O. The third-order valence-electron chi connectivity index (χ3n) is 10.7. The van der Waals surface area contributed by atoms with Crippen molar-refractivity contribution >= 4 is 54.3 Å². The molecule has 9 aromatic carbocycles. The topological polar surface area (TPSA) is 51.8 Å². The van der Waals surface area contributed by atoms with Crippen LogP contribution in [0.5, 0.6) is 0 Å². The van der Waals surface area contributed by atoms with Gasteiger partial charge in [0.25, 0.3) is 0 Å². The second-order valence-corrected chi connectivity index (χ2v) is 14.0. The van der Waals surface area contributed by atoms with Crippen molar-refractivity contribution in [1.29, 1.82) is 0 Å². The van der Waals surface area contributed by atoms with Gasteiger partial charge in [0.05, 0.1) is 0 Å². The van der Waals surface area contributed by atoms with Crippen molar-refractivity contribution in [1.82, 2.24) is 15.0 Å². The molecule has 2 heterocycles. The number of fused-ring (bicyclic) bond motifs is 7. The second-order valence-electron chi connectivity index (χ2n) is 14.0. The van der Waals surface area contributed by atoms with Crippen LogP contribution in [0.15, 0.2) is 192 Å². The Kier molecular flexibility index (Phi) is 7.14. The Morgan fingerprint density at radius 1 is 0.291 bits per heavy atom. The molecule has 2 aromatic heterocycles. The van der Waals surface area contributed by atoms with Gasteiger partial charge in [0.2, 0.25) is 0 Å². The normalized spacial score (nSPS) is 11.6. The van der Waals surface area contributed by atoms with Crippen LogP contribution in [0.1, 0.15) is 0 Å². The van der Waals surface area contributed by atoms with Gasteiger partial charge >= 0.3 is 0 Å². The van der Waals surface area contributed by atoms with Crippen molar-refractivity contribution in [2.45, 2.75) is 0 Å². The summed E-state index contributed by atoms with van der Waals surface area (Å²) in [5, 5.41) is 9.16. The Morgan fingerprint density at radius 3 is 1.71 bits per heavy atom. The molecule has 4 nitrogen and oxygen atoms in total. The molecule has 4 heteroatoms. The molecule has 0 saturated heterocycles. The van der Waals surface area contributed by atoms with Crippen molar-refractivity contribution in [2.24, 2.45) is 0 Å². The first-order valence-electron chi connectivity index (χ1n) is 18.5. The summed E-state index contributed by atoms with van der Waals surface area (Å²) in [6.07, 6.45) is 0. The molecule has 0 fully saturated rings. The summed E-state index contributed by atoms with van der Waals surface area (Å²) >= 11 is 0. The Morgan fingerprint density at radius 2 is 0.855 bits per heavy atom. The molecule has 0 aliphatic carbocycles. The molecule has 0 spiro atoms. The maximum atomic E-state index is 6.29. The van der Waals surface area contributed by atoms with Crippen molar-refractivity contribution in [3.63, 3.8) is 0 Å². The Balaban J connectivity index is 1.07. The number of furan rings is 1. The van der Waals surface area contributed by atoms with E-state index >= 15 is 0 Å². The lowest BCUT2D eigenvalue weighted by molar-refractivity contribution is 0.669. The molecule has 0 radical (unpaired) electrons. The Bertz CT molecular complexity index is 3270. The first-order valence-corrected chi connectivity index (χ1v) is 18.5. The van der Waals surface area contributed by atoms with Crippen molar-refractivity contribution in [2.75, 3.05) is 0 Å². The molecule has 11 aromatic rings. The largest absolute Gasteiger partial charge is 0.456 e. The van der Waals surface area contributed by atoms with E-state index in [2.05, 4.69) is 158 Å². The molecule has 55 heavy (non-hydrogen) atoms.